The van der Waals surface area contributed by atoms with E-state index in [4.69, 9.17) is 4.74 Å². The van der Waals surface area contributed by atoms with Crippen LogP contribution in [0.25, 0.3) is 0 Å². The van der Waals surface area contributed by atoms with Crippen molar-refractivity contribution in [2.75, 3.05) is 6.61 Å². The summed E-state index contributed by atoms with van der Waals surface area (Å²) >= 11 is 0. The Kier molecular flexibility index (Phi) is 4.66. The second-order valence-corrected chi connectivity index (χ2v) is 10.1. The first-order valence-electron chi connectivity index (χ1n) is 10.7. The molecule has 146 valence electrons. The minimum absolute atomic E-state index is 0.0218. The van der Waals surface area contributed by atoms with Crippen LogP contribution in [0.2, 0.25) is 0 Å². The number of ether oxygens (including phenoxy) is 1. The highest BCUT2D eigenvalue weighted by atomic mass is 16.5. The molecule has 0 aromatic rings. The molecule has 0 aromatic heterocycles. The van der Waals surface area contributed by atoms with Gasteiger partial charge in [0.2, 0.25) is 0 Å². The largest absolute Gasteiger partial charge is 0.393 e. The molecule has 0 aromatic carbocycles. The first-order valence-corrected chi connectivity index (χ1v) is 10.7. The van der Waals surface area contributed by atoms with Crippen LogP contribution in [0, 0.1) is 51.8 Å². The fourth-order valence-corrected chi connectivity index (χ4v) is 7.98. The molecule has 4 fully saturated rings. The fourth-order valence-electron chi connectivity index (χ4n) is 7.98. The summed E-state index contributed by atoms with van der Waals surface area (Å²) in [4.78, 5) is 0. The zero-order valence-electron chi connectivity index (χ0n) is 16.5. The molecule has 0 unspecified atom stereocenters. The van der Waals surface area contributed by atoms with E-state index >= 15 is 0 Å². The summed E-state index contributed by atoms with van der Waals surface area (Å²) in [5.41, 5.74) is 0.0134. The molecule has 0 saturated heterocycles. The maximum Gasteiger partial charge on any atom is 0.0839 e. The molecular formula is C22H35NO3. The van der Waals surface area contributed by atoms with Crippen molar-refractivity contribution in [1.82, 2.24) is 0 Å². The number of nitriles is 1. The summed E-state index contributed by atoms with van der Waals surface area (Å²) < 4.78 is 5.89. The summed E-state index contributed by atoms with van der Waals surface area (Å²) in [6.45, 7) is 7.24. The Balaban J connectivity index is 1.65. The first kappa shape index (κ1) is 18.7. The number of aliphatic hydroxyl groups excluding tert-OH is 2. The Bertz CT molecular complexity index is 588. The standard InChI is InChI=1S/C22H35NO3/c1-4-26-19-11-22(3)13(9-17(19)24)5-7-15-16-8-6-14(12-23)21(16,2)10-18(25)20(15)22/h13-20,24-25H,4-11H2,1-3H3/t13-,14-,15-,16-,17-,18-,19-,20+,21+,22-/m0/s1. The molecule has 10 atom stereocenters. The monoisotopic (exact) mass is 361 g/mol. The van der Waals surface area contributed by atoms with Crippen molar-refractivity contribution in [2.24, 2.45) is 40.4 Å². The van der Waals surface area contributed by atoms with Crippen LogP contribution in [0.1, 0.15) is 65.7 Å². The molecule has 0 spiro atoms. The van der Waals surface area contributed by atoms with Gasteiger partial charge >= 0.3 is 0 Å². The average molecular weight is 362 g/mol. The van der Waals surface area contributed by atoms with Gasteiger partial charge < -0.3 is 14.9 Å². The predicted octanol–water partition coefficient (Wildman–Crippen LogP) is 3.52. The maximum absolute atomic E-state index is 11.3. The van der Waals surface area contributed by atoms with Crippen LogP contribution in [0.15, 0.2) is 0 Å². The Labute approximate surface area is 157 Å². The molecule has 26 heavy (non-hydrogen) atoms. The fraction of sp³-hybridized carbons (Fsp3) is 0.955. The number of fused-ring (bicyclic) bond motifs is 5. The lowest BCUT2D eigenvalue weighted by Crippen LogP contribution is -2.61. The SMILES string of the molecule is CCO[C@H]1C[C@@]2(C)[C@@H](CC[C@@H]3[C@@H]2[C@@H](O)C[C@]2(C)[C@H](C#N)CC[C@@H]32)C[C@@H]1O. The Hall–Kier alpha value is -0.630. The molecule has 2 N–H and O–H groups in total. The van der Waals surface area contributed by atoms with Crippen LogP contribution in [0.3, 0.4) is 0 Å². The van der Waals surface area contributed by atoms with E-state index in [1.807, 2.05) is 6.92 Å². The van der Waals surface area contributed by atoms with Crippen LogP contribution < -0.4 is 0 Å². The van der Waals surface area contributed by atoms with E-state index in [0.29, 0.717) is 24.4 Å². The van der Waals surface area contributed by atoms with Gasteiger partial charge in [0.25, 0.3) is 0 Å². The summed E-state index contributed by atoms with van der Waals surface area (Å²) in [7, 11) is 0. The lowest BCUT2D eigenvalue weighted by molar-refractivity contribution is -0.201. The topological polar surface area (TPSA) is 73.5 Å². The van der Waals surface area contributed by atoms with E-state index in [-0.39, 0.29) is 41.0 Å². The predicted molar refractivity (Wildman–Crippen MR) is 99.0 cm³/mol. The molecule has 4 saturated carbocycles. The molecule has 0 aliphatic heterocycles. The molecule has 0 radical (unpaired) electrons. The third-order valence-electron chi connectivity index (χ3n) is 9.13. The Morgan fingerprint density at radius 1 is 1.04 bits per heavy atom. The van der Waals surface area contributed by atoms with E-state index in [2.05, 4.69) is 19.9 Å². The second kappa shape index (κ2) is 6.47. The van der Waals surface area contributed by atoms with Gasteiger partial charge in [0.05, 0.1) is 30.3 Å². The van der Waals surface area contributed by atoms with Gasteiger partial charge in [-0.25, -0.2) is 0 Å². The molecule has 4 nitrogen and oxygen atoms in total. The van der Waals surface area contributed by atoms with Gasteiger partial charge in [0.15, 0.2) is 0 Å². The molecule has 4 aliphatic carbocycles. The van der Waals surface area contributed by atoms with Crippen LogP contribution in [-0.4, -0.2) is 35.1 Å². The van der Waals surface area contributed by atoms with Crippen LogP contribution in [0.5, 0.6) is 0 Å². The maximum atomic E-state index is 11.3. The van der Waals surface area contributed by atoms with Crippen LogP contribution in [0.4, 0.5) is 0 Å². The van der Waals surface area contributed by atoms with Crippen molar-refractivity contribution in [3.8, 4) is 6.07 Å². The van der Waals surface area contributed by atoms with Gasteiger partial charge in [-0.3, -0.25) is 0 Å². The molecule has 4 heteroatoms. The summed E-state index contributed by atoms with van der Waals surface area (Å²) in [6.07, 6.45) is 6.05. The van der Waals surface area contributed by atoms with Gasteiger partial charge in [-0.2, -0.15) is 5.26 Å². The van der Waals surface area contributed by atoms with Crippen LogP contribution >= 0.6 is 0 Å². The van der Waals surface area contributed by atoms with Crippen molar-refractivity contribution < 1.29 is 14.9 Å². The van der Waals surface area contributed by atoms with Gasteiger partial charge in [-0.05, 0) is 86.4 Å². The van der Waals surface area contributed by atoms with E-state index in [0.717, 1.165) is 44.9 Å². The molecule has 4 rings (SSSR count). The van der Waals surface area contributed by atoms with Gasteiger partial charge in [0.1, 0.15) is 0 Å². The number of rotatable bonds is 2. The quantitative estimate of drug-likeness (QED) is 0.789. The Morgan fingerprint density at radius 3 is 2.50 bits per heavy atom. The van der Waals surface area contributed by atoms with E-state index in [1.165, 1.54) is 0 Å². The van der Waals surface area contributed by atoms with Crippen molar-refractivity contribution >= 4 is 0 Å². The second-order valence-electron chi connectivity index (χ2n) is 10.1. The highest BCUT2D eigenvalue weighted by molar-refractivity contribution is 5.15. The minimum atomic E-state index is -0.370. The van der Waals surface area contributed by atoms with Gasteiger partial charge in [-0.15, -0.1) is 0 Å². The van der Waals surface area contributed by atoms with Crippen LogP contribution in [-0.2, 0) is 4.74 Å². The zero-order chi connectivity index (χ0) is 18.7. The van der Waals surface area contributed by atoms with Crippen molar-refractivity contribution in [1.29, 1.82) is 5.26 Å². The third-order valence-corrected chi connectivity index (χ3v) is 9.13. The number of aliphatic hydroxyl groups is 2. The molecule has 4 aliphatic rings. The average Bonchev–Trinajstić information content (AvgIpc) is 2.91. The summed E-state index contributed by atoms with van der Waals surface area (Å²) in [6, 6.07) is 2.55. The first-order chi connectivity index (χ1) is 12.3. The highest BCUT2D eigenvalue weighted by Crippen LogP contribution is 2.67. The normalized spacial score (nSPS) is 56.2. The lowest BCUT2D eigenvalue weighted by Gasteiger charge is -2.62. The van der Waals surface area contributed by atoms with E-state index in [9.17, 15) is 15.5 Å². The van der Waals surface area contributed by atoms with E-state index < -0.39 is 0 Å². The van der Waals surface area contributed by atoms with Gasteiger partial charge in [-0.1, -0.05) is 13.8 Å². The van der Waals surface area contributed by atoms with Gasteiger partial charge in [0, 0.05) is 6.61 Å². The summed E-state index contributed by atoms with van der Waals surface area (Å²) in [5.74, 6) is 1.93. The number of hydrogen-bond acceptors (Lipinski definition) is 4. The molecule has 0 amide bonds. The minimum Gasteiger partial charge on any atom is -0.393 e. The smallest absolute Gasteiger partial charge is 0.0839 e. The molecule has 0 heterocycles. The zero-order valence-corrected chi connectivity index (χ0v) is 16.5. The highest BCUT2D eigenvalue weighted by Gasteiger charge is 2.64. The van der Waals surface area contributed by atoms with E-state index in [1.54, 1.807) is 0 Å². The molecular weight excluding hydrogens is 326 g/mol. The lowest BCUT2D eigenvalue weighted by atomic mass is 9.43. The van der Waals surface area contributed by atoms with Crippen molar-refractivity contribution in [3.05, 3.63) is 0 Å². The summed E-state index contributed by atoms with van der Waals surface area (Å²) in [5, 5.41) is 31.5. The number of nitrogens with zero attached hydrogens (tertiary/aromatic N) is 1. The molecule has 0 bridgehead atoms. The number of hydrogen-bond donors (Lipinski definition) is 2. The van der Waals surface area contributed by atoms with Crippen molar-refractivity contribution in [2.45, 2.75) is 84.0 Å². The van der Waals surface area contributed by atoms with Crippen molar-refractivity contribution in [3.63, 3.8) is 0 Å². The third kappa shape index (κ3) is 2.50. The Morgan fingerprint density at radius 2 is 1.81 bits per heavy atom.